The summed E-state index contributed by atoms with van der Waals surface area (Å²) in [6.45, 7) is 2.12. The molecule has 1 N–H and O–H groups in total. The van der Waals surface area contributed by atoms with Crippen molar-refractivity contribution >= 4 is 23.4 Å². The second kappa shape index (κ2) is 9.23. The second-order valence-electron chi connectivity index (χ2n) is 6.01. The van der Waals surface area contributed by atoms with Gasteiger partial charge in [-0.15, -0.1) is 10.2 Å². The Kier molecular flexibility index (Phi) is 6.49. The van der Waals surface area contributed by atoms with Gasteiger partial charge in [-0.1, -0.05) is 61.2 Å². The summed E-state index contributed by atoms with van der Waals surface area (Å²) < 4.78 is 10.9. The summed E-state index contributed by atoms with van der Waals surface area (Å²) in [7, 11) is 1.57. The molecule has 1 heterocycles. The highest BCUT2D eigenvalue weighted by atomic mass is 32.2. The summed E-state index contributed by atoms with van der Waals surface area (Å²) in [5.41, 5.74) is 1.86. The Bertz CT molecular complexity index is 883. The lowest BCUT2D eigenvalue weighted by atomic mass is 9.98. The van der Waals surface area contributed by atoms with Gasteiger partial charge in [-0.05, 0) is 23.6 Å². The van der Waals surface area contributed by atoms with Crippen LogP contribution in [0.5, 0.6) is 5.75 Å². The van der Waals surface area contributed by atoms with Crippen molar-refractivity contribution < 1.29 is 13.9 Å². The smallest absolute Gasteiger partial charge is 0.277 e. The van der Waals surface area contributed by atoms with E-state index in [9.17, 15) is 4.79 Å². The molecule has 7 heteroatoms. The lowest BCUT2D eigenvalue weighted by Gasteiger charge is -2.09. The van der Waals surface area contributed by atoms with Crippen molar-refractivity contribution in [2.45, 2.75) is 24.5 Å². The SMILES string of the molecule is COc1ccccc1NC(=O)CSc1nnc(CC(C)c2ccccc2)o1. The van der Waals surface area contributed by atoms with Gasteiger partial charge in [-0.3, -0.25) is 4.79 Å². The van der Waals surface area contributed by atoms with Gasteiger partial charge in [0.1, 0.15) is 5.75 Å². The number of aromatic nitrogens is 2. The number of anilines is 1. The maximum Gasteiger partial charge on any atom is 0.277 e. The number of nitrogens with zero attached hydrogens (tertiary/aromatic N) is 2. The number of para-hydroxylation sites is 2. The van der Waals surface area contributed by atoms with E-state index < -0.39 is 0 Å². The molecule has 1 amide bonds. The molecule has 0 bridgehead atoms. The minimum Gasteiger partial charge on any atom is -0.495 e. The molecule has 27 heavy (non-hydrogen) atoms. The van der Waals surface area contributed by atoms with Crippen LogP contribution in [-0.2, 0) is 11.2 Å². The van der Waals surface area contributed by atoms with Crippen LogP contribution in [0.3, 0.4) is 0 Å². The number of hydrogen-bond donors (Lipinski definition) is 1. The molecule has 0 fully saturated rings. The van der Waals surface area contributed by atoms with Crippen LogP contribution in [0, 0.1) is 0 Å². The molecule has 140 valence electrons. The zero-order valence-corrected chi connectivity index (χ0v) is 16.0. The molecule has 0 saturated heterocycles. The van der Waals surface area contributed by atoms with Crippen LogP contribution in [0.25, 0.3) is 0 Å². The van der Waals surface area contributed by atoms with E-state index in [2.05, 4.69) is 34.6 Å². The van der Waals surface area contributed by atoms with Crippen LogP contribution >= 0.6 is 11.8 Å². The topological polar surface area (TPSA) is 77.2 Å². The molecule has 2 aromatic carbocycles. The molecule has 1 atom stereocenters. The Morgan fingerprint density at radius 2 is 1.89 bits per heavy atom. The van der Waals surface area contributed by atoms with Crippen molar-refractivity contribution in [1.29, 1.82) is 0 Å². The number of nitrogens with one attached hydrogen (secondary N) is 1. The van der Waals surface area contributed by atoms with Crippen molar-refractivity contribution in [3.8, 4) is 5.75 Å². The highest BCUT2D eigenvalue weighted by Gasteiger charge is 2.14. The van der Waals surface area contributed by atoms with Gasteiger partial charge in [-0.2, -0.15) is 0 Å². The zero-order valence-electron chi connectivity index (χ0n) is 15.2. The fourth-order valence-corrected chi connectivity index (χ4v) is 3.18. The minimum atomic E-state index is -0.165. The van der Waals surface area contributed by atoms with E-state index in [0.717, 1.165) is 0 Å². The molecular formula is C20H21N3O3S. The molecule has 3 rings (SSSR count). The number of carbonyl (C=O) groups is 1. The van der Waals surface area contributed by atoms with Gasteiger partial charge >= 0.3 is 0 Å². The summed E-state index contributed by atoms with van der Waals surface area (Å²) in [6, 6.07) is 17.5. The Morgan fingerprint density at radius 1 is 1.15 bits per heavy atom. The first kappa shape index (κ1) is 19.0. The molecule has 1 aromatic heterocycles. The Balaban J connectivity index is 1.51. The van der Waals surface area contributed by atoms with Gasteiger partial charge < -0.3 is 14.5 Å². The fraction of sp³-hybridized carbons (Fsp3) is 0.250. The number of amides is 1. The molecule has 3 aromatic rings. The molecule has 0 aliphatic carbocycles. The van der Waals surface area contributed by atoms with Gasteiger partial charge in [0.15, 0.2) is 0 Å². The summed E-state index contributed by atoms with van der Waals surface area (Å²) >= 11 is 1.21. The van der Waals surface area contributed by atoms with Crippen LogP contribution in [-0.4, -0.2) is 29.0 Å². The van der Waals surface area contributed by atoms with Crippen LogP contribution in [0.2, 0.25) is 0 Å². The number of carbonyl (C=O) groups excluding carboxylic acids is 1. The van der Waals surface area contributed by atoms with Crippen molar-refractivity contribution in [2.75, 3.05) is 18.2 Å². The van der Waals surface area contributed by atoms with E-state index in [-0.39, 0.29) is 17.6 Å². The van der Waals surface area contributed by atoms with Gasteiger partial charge in [0, 0.05) is 6.42 Å². The number of ether oxygens (including phenoxy) is 1. The number of methoxy groups -OCH3 is 1. The first-order valence-corrected chi connectivity index (χ1v) is 9.57. The third kappa shape index (κ3) is 5.34. The first-order valence-electron chi connectivity index (χ1n) is 8.58. The van der Waals surface area contributed by atoms with Gasteiger partial charge in [-0.25, -0.2) is 0 Å². The molecular weight excluding hydrogens is 362 g/mol. The molecule has 0 aliphatic heterocycles. The van der Waals surface area contributed by atoms with Crippen molar-refractivity contribution in [2.24, 2.45) is 0 Å². The van der Waals surface area contributed by atoms with Crippen LogP contribution in [0.15, 0.2) is 64.2 Å². The summed E-state index contributed by atoms with van der Waals surface area (Å²) in [6.07, 6.45) is 0.658. The number of thioether (sulfide) groups is 1. The first-order chi connectivity index (χ1) is 13.2. The Labute approximate surface area is 162 Å². The number of hydrogen-bond acceptors (Lipinski definition) is 6. The fourth-order valence-electron chi connectivity index (χ4n) is 2.60. The third-order valence-corrected chi connectivity index (χ3v) is 4.82. The van der Waals surface area contributed by atoms with E-state index >= 15 is 0 Å². The van der Waals surface area contributed by atoms with E-state index in [0.29, 0.717) is 29.0 Å². The summed E-state index contributed by atoms with van der Waals surface area (Å²) in [5, 5.41) is 11.3. The lowest BCUT2D eigenvalue weighted by molar-refractivity contribution is -0.113. The standard InChI is InChI=1S/C20H21N3O3S/c1-14(15-8-4-3-5-9-15)12-19-22-23-20(26-19)27-13-18(24)21-16-10-6-7-11-17(16)25-2/h3-11,14H,12-13H2,1-2H3,(H,21,24). The summed E-state index contributed by atoms with van der Waals surface area (Å²) in [5.74, 6) is 1.47. The highest BCUT2D eigenvalue weighted by Crippen LogP contribution is 2.25. The van der Waals surface area contributed by atoms with Gasteiger partial charge in [0.25, 0.3) is 5.22 Å². The minimum absolute atomic E-state index is 0.165. The van der Waals surface area contributed by atoms with Crippen LogP contribution < -0.4 is 10.1 Å². The number of rotatable bonds is 8. The van der Waals surface area contributed by atoms with Crippen molar-refractivity contribution in [3.63, 3.8) is 0 Å². The van der Waals surface area contributed by atoms with E-state index in [1.54, 1.807) is 19.2 Å². The molecule has 1 unspecified atom stereocenters. The molecule has 0 radical (unpaired) electrons. The predicted octanol–water partition coefficient (Wildman–Crippen LogP) is 4.16. The third-order valence-electron chi connectivity index (χ3n) is 4.01. The summed E-state index contributed by atoms with van der Waals surface area (Å²) in [4.78, 5) is 12.1. The van der Waals surface area contributed by atoms with Gasteiger partial charge in [0.2, 0.25) is 11.8 Å². The van der Waals surface area contributed by atoms with Crippen molar-refractivity contribution in [1.82, 2.24) is 10.2 Å². The van der Waals surface area contributed by atoms with E-state index in [1.165, 1.54) is 17.3 Å². The lowest BCUT2D eigenvalue weighted by Crippen LogP contribution is -2.14. The molecule has 0 saturated carbocycles. The van der Waals surface area contributed by atoms with Crippen LogP contribution in [0.1, 0.15) is 24.3 Å². The zero-order chi connectivity index (χ0) is 19.1. The Hall–Kier alpha value is -2.80. The maximum absolute atomic E-state index is 12.1. The molecule has 0 aliphatic rings. The predicted molar refractivity (Wildman–Crippen MR) is 105 cm³/mol. The van der Waals surface area contributed by atoms with Gasteiger partial charge in [0.05, 0.1) is 18.6 Å². The maximum atomic E-state index is 12.1. The second-order valence-corrected chi connectivity index (χ2v) is 6.94. The average Bonchev–Trinajstić information content (AvgIpc) is 3.15. The van der Waals surface area contributed by atoms with E-state index in [4.69, 9.17) is 9.15 Å². The quantitative estimate of drug-likeness (QED) is 0.589. The highest BCUT2D eigenvalue weighted by molar-refractivity contribution is 7.99. The largest absolute Gasteiger partial charge is 0.495 e. The monoisotopic (exact) mass is 383 g/mol. The van der Waals surface area contributed by atoms with Crippen LogP contribution in [0.4, 0.5) is 5.69 Å². The normalized spacial score (nSPS) is 11.8. The van der Waals surface area contributed by atoms with E-state index in [1.807, 2.05) is 30.3 Å². The average molecular weight is 383 g/mol. The molecule has 0 spiro atoms. The Morgan fingerprint density at radius 3 is 2.67 bits per heavy atom. The number of benzene rings is 2. The van der Waals surface area contributed by atoms with Crippen molar-refractivity contribution in [3.05, 3.63) is 66.1 Å². The molecule has 6 nitrogen and oxygen atoms in total.